The molecule has 134 valence electrons. The van der Waals surface area contributed by atoms with Crippen LogP contribution in [0.4, 0.5) is 8.78 Å². The molecule has 0 aromatic carbocycles. The maximum atomic E-state index is 13.0. The van der Waals surface area contributed by atoms with Gasteiger partial charge in [0.1, 0.15) is 5.69 Å². The molecule has 1 aromatic heterocycles. The molecule has 1 unspecified atom stereocenters. The van der Waals surface area contributed by atoms with Gasteiger partial charge in [-0.2, -0.15) is 5.10 Å². The zero-order valence-corrected chi connectivity index (χ0v) is 15.1. The van der Waals surface area contributed by atoms with E-state index in [-0.39, 0.29) is 11.2 Å². The number of unbranched alkanes of at least 4 members (excludes halogenated alkanes) is 5. The highest BCUT2D eigenvalue weighted by atomic mass is 19.3. The number of alkyl halides is 2. The molecule has 1 atom stereocenters. The van der Waals surface area contributed by atoms with Gasteiger partial charge in [0.2, 0.25) is 5.88 Å². The lowest BCUT2D eigenvalue weighted by Crippen LogP contribution is -2.32. The van der Waals surface area contributed by atoms with Gasteiger partial charge in [0.15, 0.2) is 0 Å². The van der Waals surface area contributed by atoms with Gasteiger partial charge in [0.05, 0.1) is 12.6 Å². The van der Waals surface area contributed by atoms with Gasteiger partial charge in [0, 0.05) is 6.07 Å². The first-order valence-electron chi connectivity index (χ1n) is 8.91. The third kappa shape index (κ3) is 5.78. The molecule has 0 spiro atoms. The van der Waals surface area contributed by atoms with Gasteiger partial charge >= 0.3 is 0 Å². The molecule has 0 aliphatic carbocycles. The van der Waals surface area contributed by atoms with Crippen molar-refractivity contribution in [1.82, 2.24) is 9.78 Å². The standard InChI is InChI=1S/C18H32F2N2O/c1-5-7-9-10-11-13-18(3,12-8-6-2)22-16(23-4)14-15(21-22)17(19)20/h14,17H,5-13H2,1-4H3. The summed E-state index contributed by atoms with van der Waals surface area (Å²) < 4.78 is 33.0. The van der Waals surface area contributed by atoms with Gasteiger partial charge in [-0.25, -0.2) is 13.5 Å². The van der Waals surface area contributed by atoms with E-state index in [2.05, 4.69) is 25.9 Å². The van der Waals surface area contributed by atoms with Gasteiger partial charge in [-0.15, -0.1) is 0 Å². The van der Waals surface area contributed by atoms with Crippen LogP contribution in [0.5, 0.6) is 5.88 Å². The Morgan fingerprint density at radius 3 is 2.26 bits per heavy atom. The minimum Gasteiger partial charge on any atom is -0.481 e. The van der Waals surface area contributed by atoms with E-state index >= 15 is 0 Å². The first-order chi connectivity index (χ1) is 11.0. The van der Waals surface area contributed by atoms with Crippen LogP contribution >= 0.6 is 0 Å². The lowest BCUT2D eigenvalue weighted by Gasteiger charge is -2.31. The molecular formula is C18H32F2N2O. The van der Waals surface area contributed by atoms with E-state index in [9.17, 15) is 8.78 Å². The number of methoxy groups -OCH3 is 1. The number of nitrogens with zero attached hydrogens (tertiary/aromatic N) is 2. The highest BCUT2D eigenvalue weighted by molar-refractivity contribution is 5.19. The summed E-state index contributed by atoms with van der Waals surface area (Å²) in [6.07, 6.45) is 7.42. The van der Waals surface area contributed by atoms with Crippen LogP contribution in [0.3, 0.4) is 0 Å². The second-order valence-corrected chi connectivity index (χ2v) is 6.59. The number of aromatic nitrogens is 2. The lowest BCUT2D eigenvalue weighted by molar-refractivity contribution is 0.140. The summed E-state index contributed by atoms with van der Waals surface area (Å²) in [5, 5.41) is 4.16. The van der Waals surface area contributed by atoms with Crippen molar-refractivity contribution in [2.75, 3.05) is 7.11 Å². The number of hydrogen-bond donors (Lipinski definition) is 0. The van der Waals surface area contributed by atoms with Crippen molar-refractivity contribution >= 4 is 0 Å². The molecule has 1 aromatic rings. The molecule has 1 rings (SSSR count). The van der Waals surface area contributed by atoms with E-state index in [1.54, 1.807) is 4.68 Å². The maximum absolute atomic E-state index is 13.0. The molecule has 0 radical (unpaired) electrons. The van der Waals surface area contributed by atoms with Gasteiger partial charge in [-0.3, -0.25) is 0 Å². The molecular weight excluding hydrogens is 298 g/mol. The van der Waals surface area contributed by atoms with E-state index in [4.69, 9.17) is 4.74 Å². The molecule has 0 saturated heterocycles. The van der Waals surface area contributed by atoms with Crippen LogP contribution in [0.25, 0.3) is 0 Å². The van der Waals surface area contributed by atoms with Crippen molar-refractivity contribution in [2.45, 2.75) is 90.5 Å². The number of hydrogen-bond acceptors (Lipinski definition) is 2. The molecule has 0 amide bonds. The van der Waals surface area contributed by atoms with Crippen LogP contribution in [0.1, 0.15) is 90.7 Å². The van der Waals surface area contributed by atoms with Crippen molar-refractivity contribution in [1.29, 1.82) is 0 Å². The van der Waals surface area contributed by atoms with Crippen molar-refractivity contribution in [2.24, 2.45) is 0 Å². The Kier molecular flexibility index (Phi) is 8.56. The van der Waals surface area contributed by atoms with E-state index in [0.29, 0.717) is 5.88 Å². The Hall–Kier alpha value is -1.13. The number of halogens is 2. The van der Waals surface area contributed by atoms with Crippen LogP contribution in [0.15, 0.2) is 6.07 Å². The lowest BCUT2D eigenvalue weighted by atomic mass is 9.88. The topological polar surface area (TPSA) is 27.1 Å². The monoisotopic (exact) mass is 330 g/mol. The predicted octanol–water partition coefficient (Wildman–Crippen LogP) is 6.10. The molecule has 0 N–H and O–H groups in total. The summed E-state index contributed by atoms with van der Waals surface area (Å²) >= 11 is 0. The fourth-order valence-corrected chi connectivity index (χ4v) is 3.02. The molecule has 0 aliphatic heterocycles. The van der Waals surface area contributed by atoms with Gasteiger partial charge < -0.3 is 4.74 Å². The Morgan fingerprint density at radius 2 is 1.70 bits per heavy atom. The Bertz CT molecular complexity index is 448. The van der Waals surface area contributed by atoms with E-state index < -0.39 is 6.43 Å². The fraction of sp³-hybridized carbons (Fsp3) is 0.833. The van der Waals surface area contributed by atoms with Crippen LogP contribution in [0, 0.1) is 0 Å². The molecule has 5 heteroatoms. The van der Waals surface area contributed by atoms with Crippen LogP contribution in [-0.4, -0.2) is 16.9 Å². The summed E-state index contributed by atoms with van der Waals surface area (Å²) in [4.78, 5) is 0. The largest absolute Gasteiger partial charge is 0.481 e. The van der Waals surface area contributed by atoms with Gasteiger partial charge in [-0.05, 0) is 19.8 Å². The minimum absolute atomic E-state index is 0.199. The smallest absolute Gasteiger partial charge is 0.282 e. The molecule has 0 aliphatic rings. The molecule has 0 fully saturated rings. The van der Waals surface area contributed by atoms with E-state index in [1.807, 2.05) is 0 Å². The van der Waals surface area contributed by atoms with Crippen LogP contribution in [-0.2, 0) is 5.54 Å². The van der Waals surface area contributed by atoms with Crippen molar-refractivity contribution in [3.63, 3.8) is 0 Å². The Labute approximate surface area is 139 Å². The maximum Gasteiger partial charge on any atom is 0.282 e. The van der Waals surface area contributed by atoms with Crippen LogP contribution in [0.2, 0.25) is 0 Å². The normalized spacial score (nSPS) is 14.2. The quantitative estimate of drug-likeness (QED) is 0.433. The zero-order valence-electron chi connectivity index (χ0n) is 15.1. The third-order valence-corrected chi connectivity index (χ3v) is 4.53. The molecule has 0 saturated carbocycles. The summed E-state index contributed by atoms with van der Waals surface area (Å²) in [5.74, 6) is 0.437. The highest BCUT2D eigenvalue weighted by Crippen LogP contribution is 2.35. The third-order valence-electron chi connectivity index (χ3n) is 4.53. The Morgan fingerprint density at radius 1 is 1.09 bits per heavy atom. The van der Waals surface area contributed by atoms with Gasteiger partial charge in [0.25, 0.3) is 6.43 Å². The predicted molar refractivity (Wildman–Crippen MR) is 90.3 cm³/mol. The second kappa shape index (κ2) is 9.89. The highest BCUT2D eigenvalue weighted by Gasteiger charge is 2.31. The van der Waals surface area contributed by atoms with Crippen LogP contribution < -0.4 is 4.74 Å². The summed E-state index contributed by atoms with van der Waals surface area (Å²) in [5.41, 5.74) is -0.462. The first kappa shape index (κ1) is 19.9. The minimum atomic E-state index is -2.56. The summed E-state index contributed by atoms with van der Waals surface area (Å²) in [6, 6.07) is 1.37. The Balaban J connectivity index is 2.90. The summed E-state index contributed by atoms with van der Waals surface area (Å²) in [7, 11) is 1.52. The van der Waals surface area contributed by atoms with E-state index in [1.165, 1.54) is 38.9 Å². The fourth-order valence-electron chi connectivity index (χ4n) is 3.02. The average molecular weight is 330 g/mol. The first-order valence-corrected chi connectivity index (χ1v) is 8.91. The molecule has 23 heavy (non-hydrogen) atoms. The number of rotatable bonds is 12. The van der Waals surface area contributed by atoms with Crippen molar-refractivity contribution < 1.29 is 13.5 Å². The number of ether oxygens (including phenoxy) is 1. The summed E-state index contributed by atoms with van der Waals surface area (Å²) in [6.45, 7) is 6.46. The second-order valence-electron chi connectivity index (χ2n) is 6.59. The SMILES string of the molecule is CCCCCCCC(C)(CCCC)n1nc(C(F)F)cc1OC. The van der Waals surface area contributed by atoms with Crippen molar-refractivity contribution in [3.8, 4) is 5.88 Å². The molecule has 3 nitrogen and oxygen atoms in total. The molecule has 1 heterocycles. The average Bonchev–Trinajstić information content (AvgIpc) is 2.98. The molecule has 0 bridgehead atoms. The van der Waals surface area contributed by atoms with Gasteiger partial charge in [-0.1, -0.05) is 58.8 Å². The zero-order chi connectivity index (χ0) is 17.3. The van der Waals surface area contributed by atoms with E-state index in [0.717, 1.165) is 32.1 Å². The van der Waals surface area contributed by atoms with Crippen molar-refractivity contribution in [3.05, 3.63) is 11.8 Å².